The quantitative estimate of drug-likeness (QED) is 0.902. The van der Waals surface area contributed by atoms with E-state index >= 15 is 0 Å². The molecule has 6 heteroatoms. The van der Waals surface area contributed by atoms with Gasteiger partial charge >= 0.3 is 5.97 Å². The maximum Gasteiger partial charge on any atom is 0.335 e. The highest BCUT2D eigenvalue weighted by molar-refractivity contribution is 6.06. The molecule has 0 radical (unpaired) electrons. The topological polar surface area (TPSA) is 83.6 Å². The fourth-order valence-corrected chi connectivity index (χ4v) is 2.38. The smallest absolute Gasteiger partial charge is 0.335 e. The summed E-state index contributed by atoms with van der Waals surface area (Å²) in [6.07, 6.45) is 1.88. The van der Waals surface area contributed by atoms with Crippen LogP contribution in [-0.4, -0.2) is 28.5 Å². The number of rotatable bonds is 2. The maximum atomic E-state index is 12.4. The summed E-state index contributed by atoms with van der Waals surface area (Å²) in [5.41, 5.74) is 2.37. The van der Waals surface area contributed by atoms with E-state index in [0.717, 1.165) is 11.3 Å². The number of aryl methyl sites for hydroxylation is 1. The Balaban J connectivity index is 1.96. The molecule has 2 aromatic rings. The Kier molecular flexibility index (Phi) is 2.78. The van der Waals surface area contributed by atoms with Gasteiger partial charge in [-0.2, -0.15) is 0 Å². The molecule has 1 aliphatic heterocycles. The van der Waals surface area contributed by atoms with Crippen LogP contribution in [-0.2, 0) is 6.42 Å². The number of aromatic nitrogens is 1. The molecular weight excluding hydrogens is 260 g/mol. The molecule has 0 unspecified atom stereocenters. The first-order valence-corrected chi connectivity index (χ1v) is 6.16. The Morgan fingerprint density at radius 3 is 2.85 bits per heavy atom. The zero-order valence-electron chi connectivity index (χ0n) is 10.8. The van der Waals surface area contributed by atoms with Crippen LogP contribution in [0.5, 0.6) is 0 Å². The van der Waals surface area contributed by atoms with Crippen molar-refractivity contribution >= 4 is 17.6 Å². The molecule has 0 spiro atoms. The van der Waals surface area contributed by atoms with Crippen LogP contribution in [0.2, 0.25) is 0 Å². The number of fused-ring (bicyclic) bond motifs is 1. The molecule has 0 saturated carbocycles. The number of aromatic carboxylic acids is 1. The number of hydrogen-bond donors (Lipinski definition) is 1. The molecule has 102 valence electrons. The van der Waals surface area contributed by atoms with Crippen molar-refractivity contribution in [3.05, 3.63) is 47.2 Å². The van der Waals surface area contributed by atoms with E-state index in [1.54, 1.807) is 24.0 Å². The lowest BCUT2D eigenvalue weighted by Crippen LogP contribution is -2.29. The predicted molar refractivity (Wildman–Crippen MR) is 70.0 cm³/mol. The van der Waals surface area contributed by atoms with Gasteiger partial charge in [0.2, 0.25) is 5.76 Å². The Hall–Kier alpha value is -2.63. The number of carbonyl (C=O) groups excluding carboxylic acids is 1. The van der Waals surface area contributed by atoms with Crippen LogP contribution >= 0.6 is 0 Å². The van der Waals surface area contributed by atoms with Gasteiger partial charge < -0.3 is 14.4 Å². The van der Waals surface area contributed by atoms with E-state index in [1.807, 2.05) is 0 Å². The molecule has 1 aliphatic rings. The van der Waals surface area contributed by atoms with E-state index in [9.17, 15) is 9.59 Å². The molecule has 3 rings (SSSR count). The van der Waals surface area contributed by atoms with Crippen LogP contribution in [0.15, 0.2) is 29.0 Å². The van der Waals surface area contributed by atoms with E-state index in [0.29, 0.717) is 18.7 Å². The van der Waals surface area contributed by atoms with Crippen molar-refractivity contribution in [3.8, 4) is 0 Å². The first kappa shape index (κ1) is 12.4. The molecule has 0 aliphatic carbocycles. The number of carboxylic acid groups (broad SMARTS) is 1. The minimum Gasteiger partial charge on any atom is -0.478 e. The van der Waals surface area contributed by atoms with Crippen molar-refractivity contribution in [2.24, 2.45) is 0 Å². The van der Waals surface area contributed by atoms with Gasteiger partial charge in [0.05, 0.1) is 11.3 Å². The van der Waals surface area contributed by atoms with Crippen LogP contribution in [0.3, 0.4) is 0 Å². The molecule has 1 aromatic carbocycles. The SMILES string of the molecule is Cc1ncoc1C(=O)N1CCc2cc(C(=O)O)ccc21. The Bertz CT molecular complexity index is 705. The van der Waals surface area contributed by atoms with Crippen molar-refractivity contribution in [1.29, 1.82) is 0 Å². The van der Waals surface area contributed by atoms with Crippen molar-refractivity contribution in [1.82, 2.24) is 4.98 Å². The van der Waals surface area contributed by atoms with E-state index < -0.39 is 5.97 Å². The van der Waals surface area contributed by atoms with E-state index in [1.165, 1.54) is 12.5 Å². The Labute approximate surface area is 114 Å². The summed E-state index contributed by atoms with van der Waals surface area (Å²) in [5.74, 6) is -0.995. The van der Waals surface area contributed by atoms with E-state index in [-0.39, 0.29) is 17.2 Å². The van der Waals surface area contributed by atoms with Gasteiger partial charge in [0.25, 0.3) is 5.91 Å². The normalized spacial score (nSPS) is 13.3. The fraction of sp³-hybridized carbons (Fsp3) is 0.214. The molecule has 2 heterocycles. The lowest BCUT2D eigenvalue weighted by atomic mass is 10.1. The van der Waals surface area contributed by atoms with Crippen molar-refractivity contribution in [3.63, 3.8) is 0 Å². The summed E-state index contributed by atoms with van der Waals surface area (Å²) < 4.78 is 5.12. The molecule has 0 saturated heterocycles. The van der Waals surface area contributed by atoms with E-state index in [4.69, 9.17) is 9.52 Å². The molecule has 0 atom stereocenters. The zero-order valence-corrected chi connectivity index (χ0v) is 10.8. The van der Waals surface area contributed by atoms with E-state index in [2.05, 4.69) is 4.98 Å². The van der Waals surface area contributed by atoms with Crippen molar-refractivity contribution < 1.29 is 19.1 Å². The maximum absolute atomic E-state index is 12.4. The molecular formula is C14H12N2O4. The second-order valence-electron chi connectivity index (χ2n) is 4.62. The van der Waals surface area contributed by atoms with Crippen LogP contribution in [0.1, 0.15) is 32.2 Å². The summed E-state index contributed by atoms with van der Waals surface area (Å²) in [6.45, 7) is 2.22. The Morgan fingerprint density at radius 1 is 1.40 bits per heavy atom. The lowest BCUT2D eigenvalue weighted by molar-refractivity contribution is 0.0696. The average Bonchev–Trinajstić information content (AvgIpc) is 3.03. The molecule has 1 aromatic heterocycles. The third-order valence-electron chi connectivity index (χ3n) is 3.41. The van der Waals surface area contributed by atoms with Gasteiger partial charge in [0.15, 0.2) is 6.39 Å². The van der Waals surface area contributed by atoms with Crippen LogP contribution in [0.25, 0.3) is 0 Å². The minimum atomic E-state index is -0.969. The highest BCUT2D eigenvalue weighted by Gasteiger charge is 2.29. The van der Waals surface area contributed by atoms with Gasteiger partial charge in [-0.15, -0.1) is 0 Å². The number of benzene rings is 1. The molecule has 1 amide bonds. The number of hydrogen-bond acceptors (Lipinski definition) is 4. The summed E-state index contributed by atoms with van der Waals surface area (Å²) in [5, 5.41) is 8.97. The third-order valence-corrected chi connectivity index (χ3v) is 3.41. The van der Waals surface area contributed by atoms with Crippen LogP contribution in [0, 0.1) is 6.92 Å². The van der Waals surface area contributed by atoms with Gasteiger partial charge in [0.1, 0.15) is 0 Å². The van der Waals surface area contributed by atoms with Crippen molar-refractivity contribution in [2.75, 3.05) is 11.4 Å². The largest absolute Gasteiger partial charge is 0.478 e. The zero-order chi connectivity index (χ0) is 14.3. The molecule has 6 nitrogen and oxygen atoms in total. The Morgan fingerprint density at radius 2 is 2.20 bits per heavy atom. The van der Waals surface area contributed by atoms with Gasteiger partial charge in [-0.3, -0.25) is 4.79 Å². The second-order valence-corrected chi connectivity index (χ2v) is 4.62. The van der Waals surface area contributed by atoms with Crippen molar-refractivity contribution in [2.45, 2.75) is 13.3 Å². The highest BCUT2D eigenvalue weighted by atomic mass is 16.4. The molecule has 1 N–H and O–H groups in total. The lowest BCUT2D eigenvalue weighted by Gasteiger charge is -2.16. The van der Waals surface area contributed by atoms with Gasteiger partial charge in [0, 0.05) is 12.2 Å². The standard InChI is InChI=1S/C14H12N2O4/c1-8-12(20-7-15-8)13(17)16-5-4-9-6-10(14(18)19)2-3-11(9)16/h2-3,6-7H,4-5H2,1H3,(H,18,19). The number of nitrogens with zero attached hydrogens (tertiary/aromatic N) is 2. The molecule has 0 bridgehead atoms. The monoisotopic (exact) mass is 272 g/mol. The van der Waals surface area contributed by atoms with Gasteiger partial charge in [-0.25, -0.2) is 9.78 Å². The first-order valence-electron chi connectivity index (χ1n) is 6.16. The van der Waals surface area contributed by atoms with Gasteiger partial charge in [-0.05, 0) is 37.1 Å². The average molecular weight is 272 g/mol. The fourth-order valence-electron chi connectivity index (χ4n) is 2.38. The molecule has 20 heavy (non-hydrogen) atoms. The van der Waals surface area contributed by atoms with Gasteiger partial charge in [-0.1, -0.05) is 0 Å². The summed E-state index contributed by atoms with van der Waals surface area (Å²) >= 11 is 0. The third kappa shape index (κ3) is 1.85. The number of oxazole rings is 1. The molecule has 0 fully saturated rings. The number of carbonyl (C=O) groups is 2. The predicted octanol–water partition coefficient (Wildman–Crippen LogP) is 1.88. The first-order chi connectivity index (χ1) is 9.58. The van der Waals surface area contributed by atoms with Crippen LogP contribution in [0.4, 0.5) is 5.69 Å². The summed E-state index contributed by atoms with van der Waals surface area (Å²) in [4.78, 5) is 28.8. The second kappa shape index (κ2) is 4.48. The minimum absolute atomic E-state index is 0.222. The summed E-state index contributed by atoms with van der Waals surface area (Å²) in [6, 6.07) is 4.77. The summed E-state index contributed by atoms with van der Waals surface area (Å²) in [7, 11) is 0. The highest BCUT2D eigenvalue weighted by Crippen LogP contribution is 2.30. The number of anilines is 1. The number of amides is 1. The van der Waals surface area contributed by atoms with Crippen LogP contribution < -0.4 is 4.90 Å². The number of carboxylic acids is 1.